The molecule has 2 fully saturated rings. The molecular weight excluding hydrogens is 326 g/mol. The van der Waals surface area contributed by atoms with E-state index in [1.54, 1.807) is 4.31 Å². The van der Waals surface area contributed by atoms with Crippen molar-refractivity contribution < 1.29 is 17.6 Å². The molecule has 1 aromatic rings. The molecule has 0 bridgehead atoms. The van der Waals surface area contributed by atoms with Gasteiger partial charge in [-0.25, -0.2) is 8.42 Å². The molecule has 1 aromatic heterocycles. The van der Waals surface area contributed by atoms with Crippen molar-refractivity contribution in [2.75, 3.05) is 18.9 Å². The Morgan fingerprint density at radius 2 is 2.00 bits per heavy atom. The molecule has 0 aromatic carbocycles. The van der Waals surface area contributed by atoms with E-state index in [4.69, 9.17) is 9.15 Å². The molecule has 5 nitrogen and oxygen atoms in total. The predicted molar refractivity (Wildman–Crippen MR) is 93.3 cm³/mol. The molecule has 1 aliphatic heterocycles. The minimum Gasteiger partial charge on any atom is -0.465 e. The largest absolute Gasteiger partial charge is 0.465 e. The van der Waals surface area contributed by atoms with E-state index in [9.17, 15) is 8.42 Å². The highest BCUT2D eigenvalue weighted by Crippen LogP contribution is 2.35. The van der Waals surface area contributed by atoms with Crippen molar-refractivity contribution in [2.24, 2.45) is 5.92 Å². The average Bonchev–Trinajstić information content (AvgIpc) is 3.25. The van der Waals surface area contributed by atoms with E-state index >= 15 is 0 Å². The van der Waals surface area contributed by atoms with Crippen molar-refractivity contribution in [3.05, 3.63) is 23.7 Å². The van der Waals surface area contributed by atoms with Crippen LogP contribution in [0.25, 0.3) is 0 Å². The third-order valence-electron chi connectivity index (χ3n) is 5.06. The Morgan fingerprint density at radius 3 is 2.67 bits per heavy atom. The predicted octanol–water partition coefficient (Wildman–Crippen LogP) is 3.65. The maximum Gasteiger partial charge on any atom is 0.215 e. The average molecular weight is 356 g/mol. The quantitative estimate of drug-likeness (QED) is 0.749. The maximum atomic E-state index is 12.9. The number of furan rings is 1. The molecule has 2 atom stereocenters. The third kappa shape index (κ3) is 4.21. The van der Waals surface area contributed by atoms with Gasteiger partial charge in [-0.15, -0.1) is 0 Å². The van der Waals surface area contributed by atoms with Gasteiger partial charge in [0.05, 0.1) is 24.5 Å². The van der Waals surface area contributed by atoms with Crippen LogP contribution in [0.2, 0.25) is 0 Å². The number of rotatable bonds is 7. The van der Waals surface area contributed by atoms with Crippen LogP contribution in [-0.2, 0) is 14.8 Å². The van der Waals surface area contributed by atoms with Gasteiger partial charge in [-0.2, -0.15) is 4.31 Å². The smallest absolute Gasteiger partial charge is 0.215 e. The van der Waals surface area contributed by atoms with Crippen molar-refractivity contribution >= 4 is 10.0 Å². The summed E-state index contributed by atoms with van der Waals surface area (Å²) in [6.45, 7) is 4.97. The first kappa shape index (κ1) is 18.0. The lowest BCUT2D eigenvalue weighted by atomic mass is 10.2. The molecule has 0 spiro atoms. The second-order valence-corrected chi connectivity index (χ2v) is 9.31. The lowest BCUT2D eigenvalue weighted by Crippen LogP contribution is -2.35. The number of hydrogen-bond acceptors (Lipinski definition) is 4. The Bertz CT molecular complexity index is 633. The van der Waals surface area contributed by atoms with Crippen LogP contribution in [0.1, 0.15) is 63.0 Å². The molecule has 2 heterocycles. The zero-order chi connectivity index (χ0) is 17.2. The molecule has 1 saturated heterocycles. The van der Waals surface area contributed by atoms with E-state index in [0.29, 0.717) is 19.3 Å². The Balaban J connectivity index is 1.59. The van der Waals surface area contributed by atoms with Gasteiger partial charge in [-0.05, 0) is 50.7 Å². The molecule has 1 saturated carbocycles. The summed E-state index contributed by atoms with van der Waals surface area (Å²) in [6.07, 6.45) is 6.75. The number of nitrogens with zero attached hydrogens (tertiary/aromatic N) is 1. The highest BCUT2D eigenvalue weighted by molar-refractivity contribution is 7.89. The fourth-order valence-corrected chi connectivity index (χ4v) is 5.86. The van der Waals surface area contributed by atoms with E-state index in [0.717, 1.165) is 37.2 Å². The molecule has 3 rings (SSSR count). The molecule has 0 amide bonds. The van der Waals surface area contributed by atoms with Crippen LogP contribution in [0.4, 0.5) is 0 Å². The summed E-state index contributed by atoms with van der Waals surface area (Å²) >= 11 is 0. The number of aryl methyl sites for hydroxylation is 1. The van der Waals surface area contributed by atoms with Gasteiger partial charge >= 0.3 is 0 Å². The molecule has 0 radical (unpaired) electrons. The van der Waals surface area contributed by atoms with Gasteiger partial charge in [-0.3, -0.25) is 0 Å². The monoisotopic (exact) mass is 355 g/mol. The lowest BCUT2D eigenvalue weighted by molar-refractivity contribution is 0.0410. The molecular formula is C18H29NO4S. The fraction of sp³-hybridized carbons (Fsp3) is 0.778. The van der Waals surface area contributed by atoms with E-state index in [-0.39, 0.29) is 17.7 Å². The number of sulfonamides is 1. The maximum absolute atomic E-state index is 12.9. The van der Waals surface area contributed by atoms with Gasteiger partial charge < -0.3 is 9.15 Å². The highest BCUT2D eigenvalue weighted by Gasteiger charge is 2.37. The summed E-state index contributed by atoms with van der Waals surface area (Å²) in [6, 6.07) is 3.66. The van der Waals surface area contributed by atoms with Gasteiger partial charge in [0.2, 0.25) is 10.0 Å². The van der Waals surface area contributed by atoms with Crippen LogP contribution in [0.5, 0.6) is 0 Å². The van der Waals surface area contributed by atoms with Crippen LogP contribution in [0.3, 0.4) is 0 Å². The van der Waals surface area contributed by atoms with Crippen molar-refractivity contribution in [1.82, 2.24) is 4.31 Å². The summed E-state index contributed by atoms with van der Waals surface area (Å²) in [7, 11) is -3.30. The first-order chi connectivity index (χ1) is 11.5. The van der Waals surface area contributed by atoms with E-state index in [2.05, 4.69) is 0 Å². The Morgan fingerprint density at radius 1 is 1.25 bits per heavy atom. The second kappa shape index (κ2) is 7.58. The van der Waals surface area contributed by atoms with Gasteiger partial charge in [-0.1, -0.05) is 19.8 Å². The summed E-state index contributed by atoms with van der Waals surface area (Å²) in [5.74, 6) is 1.75. The molecule has 2 aliphatic rings. The molecule has 136 valence electrons. The molecule has 24 heavy (non-hydrogen) atoms. The van der Waals surface area contributed by atoms with Gasteiger partial charge in [0.1, 0.15) is 11.5 Å². The summed E-state index contributed by atoms with van der Waals surface area (Å²) in [4.78, 5) is 0. The van der Waals surface area contributed by atoms with Gasteiger partial charge in [0, 0.05) is 6.54 Å². The topological polar surface area (TPSA) is 59.8 Å². The van der Waals surface area contributed by atoms with E-state index in [1.807, 2.05) is 26.0 Å². The standard InChI is InChI=1S/C18H29NO4S/c1-14(12-22-16-6-3-4-7-16)13-24(20,21)19-11-5-8-17(19)18-10-9-15(2)23-18/h9-10,14,16-17H,3-8,11-13H2,1-2H3/t14-,17+/m1/s1. The van der Waals surface area contributed by atoms with Gasteiger partial charge in [0.25, 0.3) is 0 Å². The Hall–Kier alpha value is -0.850. The van der Waals surface area contributed by atoms with Crippen LogP contribution in [-0.4, -0.2) is 37.7 Å². The first-order valence-corrected chi connectivity index (χ1v) is 10.7. The number of hydrogen-bond donors (Lipinski definition) is 0. The summed E-state index contributed by atoms with van der Waals surface area (Å²) < 4.78 is 38.9. The zero-order valence-corrected chi connectivity index (χ0v) is 15.6. The normalized spacial score (nSPS) is 24.7. The van der Waals surface area contributed by atoms with Crippen LogP contribution in [0.15, 0.2) is 16.5 Å². The van der Waals surface area contributed by atoms with E-state index in [1.165, 1.54) is 12.8 Å². The third-order valence-corrected chi connectivity index (χ3v) is 7.21. The number of ether oxygens (including phenoxy) is 1. The van der Waals surface area contributed by atoms with Crippen molar-refractivity contribution in [2.45, 2.75) is 64.5 Å². The summed E-state index contributed by atoms with van der Waals surface area (Å²) in [5.41, 5.74) is 0. The molecule has 0 unspecified atom stereocenters. The molecule has 1 aliphatic carbocycles. The Kier molecular flexibility index (Phi) is 5.67. The fourth-order valence-electron chi connectivity index (χ4n) is 3.85. The Labute approximate surface area is 145 Å². The van der Waals surface area contributed by atoms with Crippen molar-refractivity contribution in [3.63, 3.8) is 0 Å². The molecule has 0 N–H and O–H groups in total. The second-order valence-electron chi connectivity index (χ2n) is 7.34. The minimum absolute atomic E-state index is 0.00943. The van der Waals surface area contributed by atoms with Crippen molar-refractivity contribution in [1.29, 1.82) is 0 Å². The lowest BCUT2D eigenvalue weighted by Gasteiger charge is -2.25. The van der Waals surface area contributed by atoms with E-state index < -0.39 is 10.0 Å². The van der Waals surface area contributed by atoms with Crippen molar-refractivity contribution in [3.8, 4) is 0 Å². The van der Waals surface area contributed by atoms with Gasteiger partial charge in [0.15, 0.2) is 0 Å². The summed E-state index contributed by atoms with van der Waals surface area (Å²) in [5, 5.41) is 0. The molecule has 6 heteroatoms. The van der Waals surface area contributed by atoms with Crippen LogP contribution >= 0.6 is 0 Å². The zero-order valence-electron chi connectivity index (χ0n) is 14.7. The van der Waals surface area contributed by atoms with Crippen LogP contribution < -0.4 is 0 Å². The SMILES string of the molecule is Cc1ccc([C@@H]2CCCN2S(=O)(=O)C[C@H](C)COC2CCCC2)o1. The minimum atomic E-state index is -3.30. The van der Waals surface area contributed by atoms with Crippen LogP contribution in [0, 0.1) is 12.8 Å². The highest BCUT2D eigenvalue weighted by atomic mass is 32.2. The first-order valence-electron chi connectivity index (χ1n) is 9.13.